The number of thiazole rings is 1. The first-order chi connectivity index (χ1) is 13.7. The number of halogens is 1. The number of rotatable bonds is 7. The number of carboxylic acid groups (broad SMARTS) is 1. The van der Waals surface area contributed by atoms with E-state index in [0.29, 0.717) is 10.7 Å². The Kier molecular flexibility index (Phi) is 6.20. The number of benzene rings is 2. The van der Waals surface area contributed by atoms with Gasteiger partial charge in [0.15, 0.2) is 0 Å². The minimum atomic E-state index is -1.08. The predicted molar refractivity (Wildman–Crippen MR) is 117 cm³/mol. The molecule has 0 aliphatic heterocycles. The number of carbonyl (C=O) groups is 2. The molecule has 2 aromatic carbocycles. The molecule has 0 fully saturated rings. The van der Waals surface area contributed by atoms with Crippen molar-refractivity contribution < 1.29 is 14.7 Å². The number of carboxylic acids is 1. The first-order valence-electron chi connectivity index (χ1n) is 9.22. The highest BCUT2D eigenvalue weighted by molar-refractivity contribution is 7.13. The maximum Gasteiger partial charge on any atom is 0.309 e. The zero-order chi connectivity index (χ0) is 21.2. The third kappa shape index (κ3) is 5.11. The van der Waals surface area contributed by atoms with Crippen molar-refractivity contribution in [1.82, 2.24) is 4.98 Å². The van der Waals surface area contributed by atoms with Crippen LogP contribution in [0, 0.1) is 12.3 Å². The van der Waals surface area contributed by atoms with Crippen molar-refractivity contribution in [2.45, 2.75) is 33.6 Å². The van der Waals surface area contributed by atoms with Crippen molar-refractivity contribution in [1.29, 1.82) is 0 Å². The molecule has 0 radical (unpaired) electrons. The highest BCUT2D eigenvalue weighted by atomic mass is 35.5. The molecule has 1 N–H and O–H groups in total. The molecule has 1 heterocycles. The zero-order valence-corrected chi connectivity index (χ0v) is 18.1. The van der Waals surface area contributed by atoms with Crippen LogP contribution in [0.15, 0.2) is 47.8 Å². The van der Waals surface area contributed by atoms with Gasteiger partial charge in [-0.15, -0.1) is 11.3 Å². The number of hydrogen-bond donors (Lipinski definition) is 1. The van der Waals surface area contributed by atoms with E-state index in [0.717, 1.165) is 27.3 Å². The lowest BCUT2D eigenvalue weighted by atomic mass is 9.86. The number of Topliss-reactive ketones (excluding diaryl/α,β-unsaturated/α-hetero) is 1. The number of aryl methyl sites for hydroxylation is 1. The van der Waals surface area contributed by atoms with Crippen molar-refractivity contribution in [3.05, 3.63) is 64.1 Å². The van der Waals surface area contributed by atoms with Gasteiger partial charge in [0.2, 0.25) is 0 Å². The first kappa shape index (κ1) is 21.2. The molecule has 150 valence electrons. The Morgan fingerprint density at radius 2 is 1.90 bits per heavy atom. The van der Waals surface area contributed by atoms with Gasteiger partial charge in [-0.2, -0.15) is 0 Å². The Labute approximate surface area is 179 Å². The number of ketones is 1. The molecule has 4 nitrogen and oxygen atoms in total. The van der Waals surface area contributed by atoms with Crippen LogP contribution in [0.25, 0.3) is 21.7 Å². The van der Waals surface area contributed by atoms with Crippen LogP contribution in [-0.2, 0) is 16.0 Å². The molecule has 0 spiro atoms. The van der Waals surface area contributed by atoms with Gasteiger partial charge >= 0.3 is 5.97 Å². The van der Waals surface area contributed by atoms with E-state index in [1.165, 1.54) is 11.3 Å². The Morgan fingerprint density at radius 1 is 1.14 bits per heavy atom. The molecule has 6 heteroatoms. The fourth-order valence-electron chi connectivity index (χ4n) is 3.10. The molecule has 0 saturated carbocycles. The molecule has 1 aromatic heterocycles. The molecule has 0 saturated heterocycles. The first-order valence-corrected chi connectivity index (χ1v) is 10.5. The lowest BCUT2D eigenvalue weighted by molar-refractivity contribution is -0.149. The van der Waals surface area contributed by atoms with Crippen LogP contribution in [-0.4, -0.2) is 21.8 Å². The third-order valence-electron chi connectivity index (χ3n) is 4.69. The molecule has 0 bridgehead atoms. The molecule has 0 amide bonds. The van der Waals surface area contributed by atoms with Crippen LogP contribution in [0.4, 0.5) is 0 Å². The predicted octanol–water partition coefficient (Wildman–Crippen LogP) is 6.05. The van der Waals surface area contributed by atoms with E-state index >= 15 is 0 Å². The van der Waals surface area contributed by atoms with E-state index in [2.05, 4.69) is 11.1 Å². The monoisotopic (exact) mass is 427 g/mol. The summed E-state index contributed by atoms with van der Waals surface area (Å²) in [7, 11) is 0. The molecule has 0 aliphatic rings. The van der Waals surface area contributed by atoms with E-state index < -0.39 is 11.4 Å². The summed E-state index contributed by atoms with van der Waals surface area (Å²) in [5.74, 6) is -1.11. The summed E-state index contributed by atoms with van der Waals surface area (Å²) < 4.78 is 0. The van der Waals surface area contributed by atoms with Gasteiger partial charge in [0.1, 0.15) is 10.8 Å². The van der Waals surface area contributed by atoms with E-state index in [-0.39, 0.29) is 18.6 Å². The standard InChI is InChI=1S/C23H22ClNO3S/c1-14-5-4-6-15(9-14)20-10-16(24)7-8-19(20)21-25-17(13-29-21)11-18(26)12-23(2,3)22(27)28/h4-10,13H,11-12H2,1-3H3,(H,27,28). The highest BCUT2D eigenvalue weighted by Gasteiger charge is 2.30. The Balaban J connectivity index is 1.88. The Morgan fingerprint density at radius 3 is 2.59 bits per heavy atom. The second kappa shape index (κ2) is 8.47. The van der Waals surface area contributed by atoms with Crippen LogP contribution in [0.3, 0.4) is 0 Å². The zero-order valence-electron chi connectivity index (χ0n) is 16.5. The van der Waals surface area contributed by atoms with Crippen LogP contribution >= 0.6 is 22.9 Å². The van der Waals surface area contributed by atoms with Gasteiger partial charge in [0, 0.05) is 28.8 Å². The lowest BCUT2D eigenvalue weighted by Gasteiger charge is -2.17. The summed E-state index contributed by atoms with van der Waals surface area (Å²) in [5, 5.41) is 12.5. The third-order valence-corrected chi connectivity index (χ3v) is 5.85. The van der Waals surface area contributed by atoms with Crippen molar-refractivity contribution in [2.75, 3.05) is 0 Å². The van der Waals surface area contributed by atoms with E-state index in [9.17, 15) is 14.7 Å². The van der Waals surface area contributed by atoms with Crippen LogP contribution in [0.2, 0.25) is 5.02 Å². The maximum absolute atomic E-state index is 12.3. The van der Waals surface area contributed by atoms with Crippen LogP contribution in [0.5, 0.6) is 0 Å². The summed E-state index contributed by atoms with van der Waals surface area (Å²) >= 11 is 7.71. The number of carbonyl (C=O) groups excluding carboxylic acids is 1. The lowest BCUT2D eigenvalue weighted by Crippen LogP contribution is -2.27. The van der Waals surface area contributed by atoms with Crippen LogP contribution < -0.4 is 0 Å². The summed E-state index contributed by atoms with van der Waals surface area (Å²) in [4.78, 5) is 28.2. The number of nitrogens with zero attached hydrogens (tertiary/aromatic N) is 1. The Hall–Kier alpha value is -2.50. The SMILES string of the molecule is Cc1cccc(-c2cc(Cl)ccc2-c2nc(CC(=O)CC(C)(C)C(=O)O)cs2)c1. The molecule has 0 unspecified atom stereocenters. The van der Waals surface area contributed by atoms with Gasteiger partial charge in [0.05, 0.1) is 11.1 Å². The molecule has 29 heavy (non-hydrogen) atoms. The molecular formula is C23H22ClNO3S. The van der Waals surface area contributed by atoms with E-state index in [4.69, 9.17) is 11.6 Å². The Bertz CT molecular complexity index is 1070. The largest absolute Gasteiger partial charge is 0.481 e. The average molecular weight is 428 g/mol. The van der Waals surface area contributed by atoms with Crippen LogP contribution in [0.1, 0.15) is 31.5 Å². The van der Waals surface area contributed by atoms with Gasteiger partial charge < -0.3 is 5.11 Å². The molecule has 0 aliphatic carbocycles. The molecule has 3 rings (SSSR count). The van der Waals surface area contributed by atoms with Crippen molar-refractivity contribution in [3.63, 3.8) is 0 Å². The fourth-order valence-corrected chi connectivity index (χ4v) is 4.13. The van der Waals surface area contributed by atoms with E-state index in [1.807, 2.05) is 48.7 Å². The molecule has 3 aromatic rings. The second-order valence-electron chi connectivity index (χ2n) is 7.78. The van der Waals surface area contributed by atoms with Gasteiger partial charge in [-0.05, 0) is 50.1 Å². The summed E-state index contributed by atoms with van der Waals surface area (Å²) in [6, 6.07) is 13.9. The minimum Gasteiger partial charge on any atom is -0.481 e. The smallest absolute Gasteiger partial charge is 0.309 e. The molecule has 0 atom stereocenters. The fraction of sp³-hybridized carbons (Fsp3) is 0.261. The summed E-state index contributed by atoms with van der Waals surface area (Å²) in [6.45, 7) is 5.16. The summed E-state index contributed by atoms with van der Waals surface area (Å²) in [6.07, 6.45) is 0.102. The normalized spacial score (nSPS) is 11.4. The van der Waals surface area contributed by atoms with Gasteiger partial charge in [-0.25, -0.2) is 4.98 Å². The maximum atomic E-state index is 12.3. The van der Waals surface area contributed by atoms with E-state index in [1.54, 1.807) is 13.8 Å². The van der Waals surface area contributed by atoms with Crippen molar-refractivity contribution >= 4 is 34.7 Å². The van der Waals surface area contributed by atoms with Crippen molar-refractivity contribution in [2.24, 2.45) is 5.41 Å². The number of hydrogen-bond acceptors (Lipinski definition) is 4. The number of aromatic nitrogens is 1. The average Bonchev–Trinajstić information content (AvgIpc) is 3.09. The van der Waals surface area contributed by atoms with Gasteiger partial charge in [-0.3, -0.25) is 9.59 Å². The topological polar surface area (TPSA) is 67.3 Å². The second-order valence-corrected chi connectivity index (χ2v) is 9.08. The van der Waals surface area contributed by atoms with Gasteiger partial charge in [0.25, 0.3) is 0 Å². The number of aliphatic carboxylic acids is 1. The van der Waals surface area contributed by atoms with Gasteiger partial charge in [-0.1, -0.05) is 41.4 Å². The summed E-state index contributed by atoms with van der Waals surface area (Å²) in [5.41, 5.74) is 3.72. The minimum absolute atomic E-state index is 0.0231. The van der Waals surface area contributed by atoms with Crippen molar-refractivity contribution in [3.8, 4) is 21.7 Å². The quantitative estimate of drug-likeness (QED) is 0.498. The highest BCUT2D eigenvalue weighted by Crippen LogP contribution is 2.36. The molecular weight excluding hydrogens is 406 g/mol.